The summed E-state index contributed by atoms with van der Waals surface area (Å²) in [6, 6.07) is 2.00. The van der Waals surface area contributed by atoms with Crippen LogP contribution < -0.4 is 10.6 Å². The van der Waals surface area contributed by atoms with Crippen LogP contribution in [0.2, 0.25) is 0 Å². The molecule has 1 aliphatic rings. The number of hydrogen-bond donors (Lipinski definition) is 2. The Morgan fingerprint density at radius 1 is 1.15 bits per heavy atom. The fourth-order valence-corrected chi connectivity index (χ4v) is 2.64. The van der Waals surface area contributed by atoms with E-state index in [0.29, 0.717) is 5.92 Å². The van der Waals surface area contributed by atoms with E-state index in [4.69, 9.17) is 0 Å². The molecule has 0 bridgehead atoms. The lowest BCUT2D eigenvalue weighted by atomic mass is 10.2. The van der Waals surface area contributed by atoms with E-state index in [9.17, 15) is 0 Å². The van der Waals surface area contributed by atoms with Crippen molar-refractivity contribution in [2.45, 2.75) is 44.4 Å². The summed E-state index contributed by atoms with van der Waals surface area (Å²) in [5, 5.41) is 6.56. The van der Waals surface area contributed by atoms with Crippen LogP contribution in [0, 0.1) is 0 Å². The van der Waals surface area contributed by atoms with Crippen molar-refractivity contribution in [2.24, 2.45) is 0 Å². The summed E-state index contributed by atoms with van der Waals surface area (Å²) in [6.45, 7) is 1.00. The predicted molar refractivity (Wildman–Crippen MR) is 88.9 cm³/mol. The first-order valence-corrected chi connectivity index (χ1v) is 9.02. The van der Waals surface area contributed by atoms with Gasteiger partial charge in [0.25, 0.3) is 0 Å². The van der Waals surface area contributed by atoms with Gasteiger partial charge in [-0.3, -0.25) is 0 Å². The molecule has 2 N–H and O–H groups in total. The third kappa shape index (κ3) is 5.19. The molecule has 0 saturated heterocycles. The molecule has 0 radical (unpaired) electrons. The topological polar surface area (TPSA) is 49.8 Å². The summed E-state index contributed by atoms with van der Waals surface area (Å²) in [6.07, 6.45) is 9.84. The van der Waals surface area contributed by atoms with Crippen molar-refractivity contribution in [3.05, 3.63) is 11.9 Å². The highest BCUT2D eigenvalue weighted by atomic mass is 32.2. The van der Waals surface area contributed by atoms with E-state index in [-0.39, 0.29) is 0 Å². The van der Waals surface area contributed by atoms with Gasteiger partial charge in [0.15, 0.2) is 0 Å². The van der Waals surface area contributed by atoms with Crippen molar-refractivity contribution in [3.63, 3.8) is 0 Å². The van der Waals surface area contributed by atoms with Crippen LogP contribution in [-0.4, -0.2) is 35.6 Å². The number of nitrogens with zero attached hydrogens (tertiary/aromatic N) is 2. The molecular formula is C15H26N4S. The number of nitrogens with one attached hydrogen (secondary N) is 2. The first-order chi connectivity index (χ1) is 9.83. The second-order valence-corrected chi connectivity index (χ2v) is 6.34. The Morgan fingerprint density at radius 3 is 2.60 bits per heavy atom. The molecule has 1 aromatic rings. The molecule has 5 heteroatoms. The van der Waals surface area contributed by atoms with Gasteiger partial charge in [-0.05, 0) is 37.7 Å². The van der Waals surface area contributed by atoms with Crippen molar-refractivity contribution in [3.8, 4) is 0 Å². The molecule has 1 fully saturated rings. The van der Waals surface area contributed by atoms with E-state index in [0.717, 1.165) is 24.0 Å². The van der Waals surface area contributed by atoms with Crippen LogP contribution in [0.5, 0.6) is 0 Å². The minimum absolute atomic E-state index is 0.593. The fourth-order valence-electron chi connectivity index (χ4n) is 2.15. The van der Waals surface area contributed by atoms with E-state index >= 15 is 0 Å². The third-order valence-corrected chi connectivity index (χ3v) is 4.22. The number of thioether (sulfide) groups is 1. The van der Waals surface area contributed by atoms with Gasteiger partial charge in [-0.1, -0.05) is 12.8 Å². The lowest BCUT2D eigenvalue weighted by Crippen LogP contribution is -2.07. The molecule has 0 aliphatic heterocycles. The molecule has 0 spiro atoms. The monoisotopic (exact) mass is 294 g/mol. The first kappa shape index (κ1) is 15.4. The van der Waals surface area contributed by atoms with Crippen LogP contribution >= 0.6 is 11.8 Å². The van der Waals surface area contributed by atoms with Crippen LogP contribution in [0.1, 0.15) is 50.3 Å². The van der Waals surface area contributed by atoms with Gasteiger partial charge < -0.3 is 10.6 Å². The summed E-state index contributed by atoms with van der Waals surface area (Å²) >= 11 is 1.94. The maximum atomic E-state index is 4.63. The molecule has 1 aromatic heterocycles. The Labute approximate surface area is 126 Å². The Balaban J connectivity index is 1.73. The molecule has 4 nitrogen and oxygen atoms in total. The zero-order valence-electron chi connectivity index (χ0n) is 12.6. The van der Waals surface area contributed by atoms with Gasteiger partial charge in [0.1, 0.15) is 17.5 Å². The normalized spacial score (nSPS) is 14.3. The molecule has 112 valence electrons. The first-order valence-electron chi connectivity index (χ1n) is 7.63. The molecule has 1 saturated carbocycles. The van der Waals surface area contributed by atoms with Gasteiger partial charge in [0.05, 0.1) is 0 Å². The molecule has 2 rings (SSSR count). The smallest absolute Gasteiger partial charge is 0.136 e. The second kappa shape index (κ2) is 8.35. The predicted octanol–water partition coefficient (Wildman–Crippen LogP) is 3.73. The average Bonchev–Trinajstić information content (AvgIpc) is 3.30. The number of rotatable bonds is 10. The third-order valence-electron chi connectivity index (χ3n) is 3.52. The van der Waals surface area contributed by atoms with E-state index in [1.54, 1.807) is 0 Å². The van der Waals surface area contributed by atoms with Crippen LogP contribution in [0.25, 0.3) is 0 Å². The van der Waals surface area contributed by atoms with Crippen molar-refractivity contribution in [1.29, 1.82) is 0 Å². The lowest BCUT2D eigenvalue weighted by Gasteiger charge is -2.09. The van der Waals surface area contributed by atoms with Crippen molar-refractivity contribution < 1.29 is 0 Å². The van der Waals surface area contributed by atoms with Crippen LogP contribution in [0.3, 0.4) is 0 Å². The Morgan fingerprint density at radius 2 is 1.90 bits per heavy atom. The van der Waals surface area contributed by atoms with Gasteiger partial charge >= 0.3 is 0 Å². The van der Waals surface area contributed by atoms with Gasteiger partial charge in [-0.2, -0.15) is 11.8 Å². The maximum Gasteiger partial charge on any atom is 0.136 e. The highest BCUT2D eigenvalue weighted by Gasteiger charge is 2.27. The zero-order chi connectivity index (χ0) is 14.2. The van der Waals surface area contributed by atoms with Gasteiger partial charge in [-0.25, -0.2) is 9.97 Å². The highest BCUT2D eigenvalue weighted by Crippen LogP contribution is 2.38. The molecule has 1 heterocycles. The van der Waals surface area contributed by atoms with E-state index < -0.39 is 0 Å². The molecule has 0 unspecified atom stereocenters. The number of hydrogen-bond acceptors (Lipinski definition) is 5. The number of aromatic nitrogens is 2. The number of unbranched alkanes of at least 4 members (excludes halogenated alkanes) is 3. The molecule has 1 aliphatic carbocycles. The van der Waals surface area contributed by atoms with Crippen LogP contribution in [0.4, 0.5) is 11.6 Å². The largest absolute Gasteiger partial charge is 0.373 e. The minimum atomic E-state index is 0.593. The van der Waals surface area contributed by atoms with E-state index in [1.165, 1.54) is 44.3 Å². The van der Waals surface area contributed by atoms with Crippen molar-refractivity contribution in [1.82, 2.24) is 9.97 Å². The second-order valence-electron chi connectivity index (χ2n) is 5.35. The van der Waals surface area contributed by atoms with Crippen molar-refractivity contribution >= 4 is 23.4 Å². The fraction of sp³-hybridized carbons (Fsp3) is 0.733. The number of anilines is 2. The Kier molecular flexibility index (Phi) is 6.43. The summed E-state index contributed by atoms with van der Waals surface area (Å²) < 4.78 is 0. The molecule has 0 amide bonds. The highest BCUT2D eigenvalue weighted by molar-refractivity contribution is 7.98. The summed E-state index contributed by atoms with van der Waals surface area (Å²) in [5.41, 5.74) is 0. The summed E-state index contributed by atoms with van der Waals surface area (Å²) in [4.78, 5) is 9.15. The van der Waals surface area contributed by atoms with Gasteiger partial charge in [0, 0.05) is 25.6 Å². The van der Waals surface area contributed by atoms with Crippen LogP contribution in [-0.2, 0) is 0 Å². The SMILES string of the molecule is CNc1cc(NCCCCCCSC)nc(C2CC2)n1. The summed E-state index contributed by atoms with van der Waals surface area (Å²) in [5.74, 6) is 4.77. The van der Waals surface area contributed by atoms with Gasteiger partial charge in [0.2, 0.25) is 0 Å². The lowest BCUT2D eigenvalue weighted by molar-refractivity contribution is 0.688. The molecular weight excluding hydrogens is 268 g/mol. The Hall–Kier alpha value is -0.970. The molecule has 0 aromatic carbocycles. The summed E-state index contributed by atoms with van der Waals surface area (Å²) in [7, 11) is 1.91. The quantitative estimate of drug-likeness (QED) is 0.644. The average molecular weight is 294 g/mol. The standard InChI is InChI=1S/C15H26N4S/c1-16-13-11-14(19-15(18-13)12-7-8-12)17-9-5-3-4-6-10-20-2/h11-12H,3-10H2,1-2H3,(H2,16,17,18,19). The zero-order valence-corrected chi connectivity index (χ0v) is 13.4. The molecule has 0 atom stereocenters. The van der Waals surface area contributed by atoms with E-state index in [1.807, 2.05) is 24.9 Å². The van der Waals surface area contributed by atoms with Crippen LogP contribution in [0.15, 0.2) is 6.07 Å². The Bertz CT molecular complexity index is 407. The van der Waals surface area contributed by atoms with Crippen molar-refractivity contribution in [2.75, 3.05) is 36.2 Å². The van der Waals surface area contributed by atoms with Gasteiger partial charge in [-0.15, -0.1) is 0 Å². The minimum Gasteiger partial charge on any atom is -0.373 e. The molecule has 20 heavy (non-hydrogen) atoms. The van der Waals surface area contributed by atoms with E-state index in [2.05, 4.69) is 26.9 Å². The maximum absolute atomic E-state index is 4.63.